The molecule has 2 saturated heterocycles. The lowest BCUT2D eigenvalue weighted by atomic mass is 10.00. The molecule has 120 valence electrons. The number of methoxy groups -OCH3 is 1. The highest BCUT2D eigenvalue weighted by Gasteiger charge is 2.31. The summed E-state index contributed by atoms with van der Waals surface area (Å²) in [6.45, 7) is 4.95. The van der Waals surface area contributed by atoms with Gasteiger partial charge in [-0.1, -0.05) is 6.92 Å². The monoisotopic (exact) mass is 298 g/mol. The summed E-state index contributed by atoms with van der Waals surface area (Å²) in [6, 6.07) is 0.378. The fourth-order valence-corrected chi connectivity index (χ4v) is 3.16. The molecule has 6 nitrogen and oxygen atoms in total. The van der Waals surface area contributed by atoms with Gasteiger partial charge in [0.15, 0.2) is 6.10 Å². The molecule has 2 heterocycles. The standard InChI is InChI=1S/C15H26N2O4/c1-3-12-6-4-5-7-17(12)14(18)11-16-8-9-21-13(10-16)15(19)20-2/h12-13H,3-11H2,1-2H3. The van der Waals surface area contributed by atoms with E-state index in [1.54, 1.807) is 0 Å². The van der Waals surface area contributed by atoms with E-state index in [2.05, 4.69) is 6.92 Å². The normalized spacial score (nSPS) is 27.4. The maximum absolute atomic E-state index is 12.5. The van der Waals surface area contributed by atoms with Gasteiger partial charge < -0.3 is 14.4 Å². The number of carbonyl (C=O) groups is 2. The maximum Gasteiger partial charge on any atom is 0.336 e. The van der Waals surface area contributed by atoms with E-state index >= 15 is 0 Å². The minimum Gasteiger partial charge on any atom is -0.467 e. The largest absolute Gasteiger partial charge is 0.467 e. The second-order valence-electron chi connectivity index (χ2n) is 5.76. The van der Waals surface area contributed by atoms with E-state index in [1.165, 1.54) is 13.5 Å². The second-order valence-corrected chi connectivity index (χ2v) is 5.76. The number of carbonyl (C=O) groups excluding carboxylic acids is 2. The van der Waals surface area contributed by atoms with E-state index in [9.17, 15) is 9.59 Å². The molecule has 6 heteroatoms. The number of piperidine rings is 1. The van der Waals surface area contributed by atoms with Gasteiger partial charge in [-0.05, 0) is 25.7 Å². The molecular formula is C15H26N2O4. The summed E-state index contributed by atoms with van der Waals surface area (Å²) in [7, 11) is 1.36. The van der Waals surface area contributed by atoms with Crippen molar-refractivity contribution in [2.75, 3.05) is 39.9 Å². The molecule has 0 radical (unpaired) electrons. The van der Waals surface area contributed by atoms with Gasteiger partial charge in [-0.3, -0.25) is 9.69 Å². The Morgan fingerprint density at radius 1 is 1.29 bits per heavy atom. The second kappa shape index (κ2) is 7.75. The van der Waals surface area contributed by atoms with Gasteiger partial charge in [-0.25, -0.2) is 4.79 Å². The van der Waals surface area contributed by atoms with Crippen LogP contribution in [0.5, 0.6) is 0 Å². The zero-order valence-electron chi connectivity index (χ0n) is 13.0. The number of hydrogen-bond acceptors (Lipinski definition) is 5. The predicted octanol–water partition coefficient (Wildman–Crippen LogP) is 0.651. The van der Waals surface area contributed by atoms with Gasteiger partial charge in [0.05, 0.1) is 20.3 Å². The van der Waals surface area contributed by atoms with Gasteiger partial charge in [0.25, 0.3) is 0 Å². The van der Waals surface area contributed by atoms with E-state index in [1.807, 2.05) is 9.80 Å². The third-order valence-corrected chi connectivity index (χ3v) is 4.39. The van der Waals surface area contributed by atoms with Gasteiger partial charge in [0.1, 0.15) is 0 Å². The first-order valence-electron chi connectivity index (χ1n) is 7.87. The molecule has 2 unspecified atom stereocenters. The van der Waals surface area contributed by atoms with Crippen molar-refractivity contribution in [3.8, 4) is 0 Å². The number of rotatable bonds is 4. The molecule has 2 fully saturated rings. The molecule has 0 aromatic carbocycles. The summed E-state index contributed by atoms with van der Waals surface area (Å²) < 4.78 is 10.1. The summed E-state index contributed by atoms with van der Waals surface area (Å²) in [5.74, 6) is -0.191. The van der Waals surface area contributed by atoms with E-state index in [0.717, 1.165) is 25.8 Å². The molecule has 2 rings (SSSR count). The average Bonchev–Trinajstić information content (AvgIpc) is 2.54. The van der Waals surface area contributed by atoms with Crippen LogP contribution in [0, 0.1) is 0 Å². The van der Waals surface area contributed by atoms with Crippen molar-refractivity contribution >= 4 is 11.9 Å². The van der Waals surface area contributed by atoms with E-state index in [-0.39, 0.29) is 11.9 Å². The molecule has 2 aliphatic heterocycles. The molecule has 0 aromatic rings. The van der Waals surface area contributed by atoms with Crippen LogP contribution in [0.3, 0.4) is 0 Å². The van der Waals surface area contributed by atoms with Crippen LogP contribution in [-0.4, -0.2) is 73.7 Å². The first kappa shape index (κ1) is 16.2. The van der Waals surface area contributed by atoms with Crippen LogP contribution in [0.2, 0.25) is 0 Å². The lowest BCUT2D eigenvalue weighted by Gasteiger charge is -2.38. The van der Waals surface area contributed by atoms with Crippen LogP contribution >= 0.6 is 0 Å². The van der Waals surface area contributed by atoms with Crippen LogP contribution in [0.15, 0.2) is 0 Å². The summed E-state index contributed by atoms with van der Waals surface area (Å²) in [6.07, 6.45) is 3.86. The molecule has 0 saturated carbocycles. The Labute approximate surface area is 126 Å². The van der Waals surface area contributed by atoms with Crippen molar-refractivity contribution in [3.05, 3.63) is 0 Å². The van der Waals surface area contributed by atoms with Gasteiger partial charge in [0, 0.05) is 25.7 Å². The number of esters is 1. The molecule has 21 heavy (non-hydrogen) atoms. The lowest BCUT2D eigenvalue weighted by molar-refractivity contribution is -0.161. The van der Waals surface area contributed by atoms with Gasteiger partial charge >= 0.3 is 5.97 Å². The first-order valence-corrected chi connectivity index (χ1v) is 7.87. The Bertz CT molecular complexity index is 375. The smallest absolute Gasteiger partial charge is 0.336 e. The molecule has 0 bridgehead atoms. The van der Waals surface area contributed by atoms with Crippen LogP contribution in [0.1, 0.15) is 32.6 Å². The van der Waals surface area contributed by atoms with Crippen molar-refractivity contribution in [2.45, 2.75) is 44.8 Å². The minimum atomic E-state index is -0.570. The lowest BCUT2D eigenvalue weighted by Crippen LogP contribution is -2.52. The molecule has 0 aliphatic carbocycles. The van der Waals surface area contributed by atoms with Crippen LogP contribution < -0.4 is 0 Å². The Balaban J connectivity index is 1.88. The van der Waals surface area contributed by atoms with Crippen LogP contribution in [0.4, 0.5) is 0 Å². The number of ether oxygens (including phenoxy) is 2. The quantitative estimate of drug-likeness (QED) is 0.713. The van der Waals surface area contributed by atoms with Crippen molar-refractivity contribution in [1.82, 2.24) is 9.80 Å². The highest BCUT2D eigenvalue weighted by molar-refractivity contribution is 5.79. The fourth-order valence-electron chi connectivity index (χ4n) is 3.16. The molecular weight excluding hydrogens is 272 g/mol. The average molecular weight is 298 g/mol. The van der Waals surface area contributed by atoms with Crippen molar-refractivity contribution in [1.29, 1.82) is 0 Å². The number of amides is 1. The maximum atomic E-state index is 12.5. The van der Waals surface area contributed by atoms with Crippen molar-refractivity contribution in [2.24, 2.45) is 0 Å². The highest BCUT2D eigenvalue weighted by Crippen LogP contribution is 2.20. The van der Waals surface area contributed by atoms with Gasteiger partial charge in [-0.2, -0.15) is 0 Å². The van der Waals surface area contributed by atoms with E-state index in [0.29, 0.717) is 32.3 Å². The number of morpholine rings is 1. The minimum absolute atomic E-state index is 0.173. The fraction of sp³-hybridized carbons (Fsp3) is 0.867. The number of hydrogen-bond donors (Lipinski definition) is 0. The Morgan fingerprint density at radius 3 is 2.81 bits per heavy atom. The van der Waals surface area contributed by atoms with E-state index < -0.39 is 6.10 Å². The Kier molecular flexibility index (Phi) is 5.99. The van der Waals surface area contributed by atoms with Crippen molar-refractivity contribution in [3.63, 3.8) is 0 Å². The third kappa shape index (κ3) is 4.17. The molecule has 1 amide bonds. The molecule has 2 atom stereocenters. The highest BCUT2D eigenvalue weighted by atomic mass is 16.6. The number of nitrogens with zero attached hydrogens (tertiary/aromatic N) is 2. The Hall–Kier alpha value is -1.14. The summed E-state index contributed by atoms with van der Waals surface area (Å²) >= 11 is 0. The molecule has 0 spiro atoms. The molecule has 2 aliphatic rings. The Morgan fingerprint density at radius 2 is 2.10 bits per heavy atom. The zero-order chi connectivity index (χ0) is 15.2. The first-order chi connectivity index (χ1) is 10.2. The number of likely N-dealkylation sites (tertiary alicyclic amines) is 1. The topological polar surface area (TPSA) is 59.1 Å². The molecule has 0 N–H and O–H groups in total. The SMILES string of the molecule is CCC1CCCCN1C(=O)CN1CCOC(C(=O)OC)C1. The summed E-state index contributed by atoms with van der Waals surface area (Å²) in [4.78, 5) is 28.1. The summed E-state index contributed by atoms with van der Waals surface area (Å²) in [5.41, 5.74) is 0. The van der Waals surface area contributed by atoms with Gasteiger partial charge in [0.2, 0.25) is 5.91 Å². The predicted molar refractivity (Wildman–Crippen MR) is 77.8 cm³/mol. The van der Waals surface area contributed by atoms with E-state index in [4.69, 9.17) is 9.47 Å². The third-order valence-electron chi connectivity index (χ3n) is 4.39. The molecule has 0 aromatic heterocycles. The van der Waals surface area contributed by atoms with Crippen LogP contribution in [-0.2, 0) is 19.1 Å². The van der Waals surface area contributed by atoms with Crippen molar-refractivity contribution < 1.29 is 19.1 Å². The summed E-state index contributed by atoms with van der Waals surface area (Å²) in [5, 5.41) is 0. The van der Waals surface area contributed by atoms with Gasteiger partial charge in [-0.15, -0.1) is 0 Å². The van der Waals surface area contributed by atoms with Crippen LogP contribution in [0.25, 0.3) is 0 Å². The zero-order valence-corrected chi connectivity index (χ0v) is 13.0.